The normalized spacial score (nSPS) is 16.5. The molecule has 0 radical (unpaired) electrons. The Labute approximate surface area is 179 Å². The second-order valence-corrected chi connectivity index (χ2v) is 7.73. The Kier molecular flexibility index (Phi) is 5.17. The summed E-state index contributed by atoms with van der Waals surface area (Å²) in [5.74, 6) is 0.301. The van der Waals surface area contributed by atoms with Crippen LogP contribution in [0.1, 0.15) is 35.2 Å². The fourth-order valence-electron chi connectivity index (χ4n) is 3.76. The number of amides is 1. The first kappa shape index (κ1) is 19.4. The van der Waals surface area contributed by atoms with E-state index in [1.165, 1.54) is 6.42 Å². The van der Waals surface area contributed by atoms with Gasteiger partial charge in [-0.3, -0.25) is 4.79 Å². The number of rotatable bonds is 5. The van der Waals surface area contributed by atoms with Crippen LogP contribution in [0, 0.1) is 6.92 Å². The molecule has 9 nitrogen and oxygen atoms in total. The molecular weight excluding hydrogens is 394 g/mol. The molecule has 9 heteroatoms. The number of anilines is 1. The Morgan fingerprint density at radius 3 is 3.06 bits per heavy atom. The van der Waals surface area contributed by atoms with Crippen LogP contribution in [0.2, 0.25) is 0 Å². The molecule has 1 fully saturated rings. The van der Waals surface area contributed by atoms with E-state index >= 15 is 0 Å². The van der Waals surface area contributed by atoms with Crippen LogP contribution in [0.3, 0.4) is 0 Å². The SMILES string of the molecule is Cc1ccc(-c2nnn(C[C@@H]3CCCCO3)n2)cc1NC(=O)c1cnn2ccccc12. The number of hydrogen-bond donors (Lipinski definition) is 1. The molecule has 3 aromatic heterocycles. The molecule has 1 aliphatic heterocycles. The average molecular weight is 417 g/mol. The van der Waals surface area contributed by atoms with E-state index in [0.29, 0.717) is 23.6 Å². The number of ether oxygens (including phenoxy) is 1. The minimum atomic E-state index is -0.215. The topological polar surface area (TPSA) is 99.2 Å². The molecule has 0 aliphatic carbocycles. The lowest BCUT2D eigenvalue weighted by Crippen LogP contribution is -2.25. The number of pyridine rings is 1. The summed E-state index contributed by atoms with van der Waals surface area (Å²) in [7, 11) is 0. The summed E-state index contributed by atoms with van der Waals surface area (Å²) >= 11 is 0. The van der Waals surface area contributed by atoms with Gasteiger partial charge >= 0.3 is 0 Å². The number of tetrazole rings is 1. The molecule has 0 spiro atoms. The van der Waals surface area contributed by atoms with Crippen molar-refractivity contribution in [3.8, 4) is 11.4 Å². The highest BCUT2D eigenvalue weighted by molar-refractivity contribution is 6.09. The third-order valence-corrected chi connectivity index (χ3v) is 5.51. The molecule has 1 amide bonds. The fraction of sp³-hybridized carbons (Fsp3) is 0.318. The molecule has 1 saturated heterocycles. The summed E-state index contributed by atoms with van der Waals surface area (Å²) < 4.78 is 7.44. The largest absolute Gasteiger partial charge is 0.376 e. The molecule has 5 rings (SSSR count). The summed E-state index contributed by atoms with van der Waals surface area (Å²) in [6.45, 7) is 3.33. The number of fused-ring (bicyclic) bond motifs is 1. The van der Waals surface area contributed by atoms with Crippen molar-refractivity contribution >= 4 is 17.1 Å². The van der Waals surface area contributed by atoms with Gasteiger partial charge in [0.25, 0.3) is 5.91 Å². The van der Waals surface area contributed by atoms with Crippen LogP contribution in [-0.4, -0.2) is 48.4 Å². The maximum absolute atomic E-state index is 12.9. The van der Waals surface area contributed by atoms with Crippen molar-refractivity contribution in [2.24, 2.45) is 0 Å². The van der Waals surface area contributed by atoms with Crippen molar-refractivity contribution in [3.63, 3.8) is 0 Å². The van der Waals surface area contributed by atoms with Crippen LogP contribution < -0.4 is 5.32 Å². The van der Waals surface area contributed by atoms with Gasteiger partial charge in [0.1, 0.15) is 0 Å². The van der Waals surface area contributed by atoms with Gasteiger partial charge in [-0.25, -0.2) is 4.52 Å². The lowest BCUT2D eigenvalue weighted by atomic mass is 10.1. The minimum absolute atomic E-state index is 0.134. The number of hydrogen-bond acceptors (Lipinski definition) is 6. The van der Waals surface area contributed by atoms with Gasteiger partial charge in [-0.2, -0.15) is 9.90 Å². The molecule has 4 heterocycles. The van der Waals surface area contributed by atoms with E-state index in [1.807, 2.05) is 49.5 Å². The Morgan fingerprint density at radius 2 is 2.19 bits per heavy atom. The molecule has 158 valence electrons. The molecule has 1 aromatic carbocycles. The van der Waals surface area contributed by atoms with Crippen LogP contribution in [-0.2, 0) is 11.3 Å². The van der Waals surface area contributed by atoms with Crippen LogP contribution in [0.15, 0.2) is 48.8 Å². The summed E-state index contributed by atoms with van der Waals surface area (Å²) in [5.41, 5.74) is 3.70. The molecule has 0 bridgehead atoms. The summed E-state index contributed by atoms with van der Waals surface area (Å²) in [4.78, 5) is 14.5. The van der Waals surface area contributed by atoms with Crippen LogP contribution in [0.25, 0.3) is 16.9 Å². The Balaban J connectivity index is 1.35. The van der Waals surface area contributed by atoms with E-state index in [-0.39, 0.29) is 12.0 Å². The highest BCUT2D eigenvalue weighted by atomic mass is 16.5. The number of aryl methyl sites for hydroxylation is 1. The third-order valence-electron chi connectivity index (χ3n) is 5.51. The zero-order valence-electron chi connectivity index (χ0n) is 17.2. The maximum Gasteiger partial charge on any atom is 0.259 e. The van der Waals surface area contributed by atoms with Crippen LogP contribution in [0.4, 0.5) is 5.69 Å². The molecular formula is C22H23N7O2. The third kappa shape index (κ3) is 4.04. The summed E-state index contributed by atoms with van der Waals surface area (Å²) in [6, 6.07) is 11.4. The molecule has 0 unspecified atom stereocenters. The van der Waals surface area contributed by atoms with Crippen LogP contribution in [0.5, 0.6) is 0 Å². The number of carbonyl (C=O) groups excluding carboxylic acids is 1. The van der Waals surface area contributed by atoms with Crippen molar-refractivity contribution in [1.29, 1.82) is 0 Å². The molecule has 1 N–H and O–H groups in total. The van der Waals surface area contributed by atoms with Crippen LogP contribution >= 0.6 is 0 Å². The number of nitrogens with zero attached hydrogens (tertiary/aromatic N) is 6. The first-order chi connectivity index (χ1) is 15.2. The zero-order valence-corrected chi connectivity index (χ0v) is 17.2. The van der Waals surface area contributed by atoms with Gasteiger partial charge in [0.15, 0.2) is 0 Å². The number of benzene rings is 1. The Hall–Kier alpha value is -3.59. The molecule has 1 aliphatic rings. The number of aromatic nitrogens is 6. The van der Waals surface area contributed by atoms with Gasteiger partial charge < -0.3 is 10.1 Å². The van der Waals surface area contributed by atoms with Gasteiger partial charge in [0.2, 0.25) is 5.82 Å². The van der Waals surface area contributed by atoms with E-state index in [0.717, 1.165) is 36.1 Å². The molecule has 31 heavy (non-hydrogen) atoms. The van der Waals surface area contributed by atoms with Gasteiger partial charge in [0, 0.05) is 24.1 Å². The standard InChI is InChI=1S/C22H23N7O2/c1-15-8-9-16(21-25-27-29(26-21)14-17-6-3-5-11-31-17)12-19(15)24-22(30)18-13-23-28-10-4-2-7-20(18)28/h2,4,7-10,12-13,17H,3,5-6,11,14H2,1H3,(H,24,30)/t17-/m0/s1. The Morgan fingerprint density at radius 1 is 1.26 bits per heavy atom. The highest BCUT2D eigenvalue weighted by Crippen LogP contribution is 2.24. The van der Waals surface area contributed by atoms with Crippen molar-refractivity contribution in [3.05, 3.63) is 59.9 Å². The lowest BCUT2D eigenvalue weighted by molar-refractivity contribution is 0.00133. The first-order valence-electron chi connectivity index (χ1n) is 10.4. The van der Waals surface area contributed by atoms with E-state index in [9.17, 15) is 4.79 Å². The maximum atomic E-state index is 12.9. The fourth-order valence-corrected chi connectivity index (χ4v) is 3.76. The summed E-state index contributed by atoms with van der Waals surface area (Å²) in [6.07, 6.45) is 6.81. The predicted molar refractivity (Wildman–Crippen MR) is 115 cm³/mol. The van der Waals surface area contributed by atoms with Gasteiger partial charge in [0.05, 0.1) is 29.9 Å². The predicted octanol–water partition coefficient (Wildman–Crippen LogP) is 3.12. The van der Waals surface area contributed by atoms with E-state index in [1.54, 1.807) is 15.5 Å². The van der Waals surface area contributed by atoms with Gasteiger partial charge in [-0.15, -0.1) is 10.2 Å². The number of nitrogens with one attached hydrogen (secondary N) is 1. The van der Waals surface area contributed by atoms with Crippen molar-refractivity contribution in [2.75, 3.05) is 11.9 Å². The van der Waals surface area contributed by atoms with Crippen molar-refractivity contribution in [2.45, 2.75) is 38.8 Å². The number of carbonyl (C=O) groups is 1. The molecule has 1 atom stereocenters. The monoisotopic (exact) mass is 417 g/mol. The second-order valence-electron chi connectivity index (χ2n) is 7.73. The van der Waals surface area contributed by atoms with Gasteiger partial charge in [-0.05, 0) is 55.2 Å². The van der Waals surface area contributed by atoms with E-state index in [4.69, 9.17) is 4.74 Å². The second kappa shape index (κ2) is 8.27. The highest BCUT2D eigenvalue weighted by Gasteiger charge is 2.18. The minimum Gasteiger partial charge on any atom is -0.376 e. The van der Waals surface area contributed by atoms with Crippen molar-refractivity contribution < 1.29 is 9.53 Å². The Bertz CT molecular complexity index is 1220. The smallest absolute Gasteiger partial charge is 0.259 e. The van der Waals surface area contributed by atoms with Gasteiger partial charge in [-0.1, -0.05) is 18.2 Å². The van der Waals surface area contributed by atoms with E-state index < -0.39 is 0 Å². The molecule has 0 saturated carbocycles. The van der Waals surface area contributed by atoms with E-state index in [2.05, 4.69) is 25.8 Å². The van der Waals surface area contributed by atoms with Crippen molar-refractivity contribution in [1.82, 2.24) is 29.8 Å². The average Bonchev–Trinajstić information content (AvgIpc) is 3.43. The zero-order chi connectivity index (χ0) is 21.2. The quantitative estimate of drug-likeness (QED) is 0.536. The molecule has 4 aromatic rings. The lowest BCUT2D eigenvalue weighted by Gasteiger charge is -2.21. The summed E-state index contributed by atoms with van der Waals surface area (Å²) in [5, 5.41) is 20.1. The first-order valence-corrected chi connectivity index (χ1v) is 10.4.